The molecule has 2 aliphatic rings. The molecule has 0 unspecified atom stereocenters. The summed E-state index contributed by atoms with van der Waals surface area (Å²) in [5.41, 5.74) is 5.17. The van der Waals surface area contributed by atoms with Gasteiger partial charge in [0.25, 0.3) is 0 Å². The lowest BCUT2D eigenvalue weighted by Crippen LogP contribution is -2.43. The Balaban J connectivity index is 1.38. The van der Waals surface area contributed by atoms with Gasteiger partial charge in [0.05, 0.1) is 27.4 Å². The van der Waals surface area contributed by atoms with E-state index in [1.807, 2.05) is 7.05 Å². The van der Waals surface area contributed by atoms with Crippen molar-refractivity contribution in [3.8, 4) is 11.5 Å². The standard InChI is InChI=1S/C25H34N4O3/c1-26-25(29-8-7-21-14-23(30-2)24(31-3)15-22(21)18-29)27-16-19-5-4-6-20(13-19)17-28-9-11-32-12-10-28/h4-6,13-15H,7-12,16-18H2,1-3H3,(H,26,27). The van der Waals surface area contributed by atoms with Crippen LogP contribution in [0.4, 0.5) is 0 Å². The van der Waals surface area contributed by atoms with Gasteiger partial charge in [-0.15, -0.1) is 0 Å². The maximum absolute atomic E-state index is 5.50. The van der Waals surface area contributed by atoms with Crippen molar-refractivity contribution in [3.63, 3.8) is 0 Å². The lowest BCUT2D eigenvalue weighted by atomic mass is 9.99. The Morgan fingerprint density at radius 2 is 1.72 bits per heavy atom. The van der Waals surface area contributed by atoms with E-state index in [4.69, 9.17) is 14.2 Å². The summed E-state index contributed by atoms with van der Waals surface area (Å²) in [6.45, 7) is 7.10. The van der Waals surface area contributed by atoms with E-state index >= 15 is 0 Å². The second-order valence-electron chi connectivity index (χ2n) is 8.26. The monoisotopic (exact) mass is 438 g/mol. The predicted octanol–water partition coefficient (Wildman–Crippen LogP) is 2.67. The van der Waals surface area contributed by atoms with Crippen molar-refractivity contribution < 1.29 is 14.2 Å². The smallest absolute Gasteiger partial charge is 0.194 e. The molecule has 2 aromatic carbocycles. The number of methoxy groups -OCH3 is 2. The Morgan fingerprint density at radius 3 is 2.44 bits per heavy atom. The highest BCUT2D eigenvalue weighted by Gasteiger charge is 2.21. The summed E-state index contributed by atoms with van der Waals surface area (Å²) in [6, 6.07) is 13.0. The van der Waals surface area contributed by atoms with E-state index in [-0.39, 0.29) is 0 Å². The van der Waals surface area contributed by atoms with Crippen LogP contribution in [0.1, 0.15) is 22.3 Å². The maximum Gasteiger partial charge on any atom is 0.194 e. The van der Waals surface area contributed by atoms with E-state index in [2.05, 4.69) is 56.5 Å². The molecule has 172 valence electrons. The van der Waals surface area contributed by atoms with Gasteiger partial charge in [0, 0.05) is 46.3 Å². The van der Waals surface area contributed by atoms with Gasteiger partial charge < -0.3 is 24.4 Å². The van der Waals surface area contributed by atoms with Crippen LogP contribution in [0.2, 0.25) is 0 Å². The molecule has 1 saturated heterocycles. The fourth-order valence-corrected chi connectivity index (χ4v) is 4.43. The molecule has 0 spiro atoms. The van der Waals surface area contributed by atoms with Crippen LogP contribution in [0.15, 0.2) is 41.4 Å². The molecule has 0 atom stereocenters. The molecule has 0 aliphatic carbocycles. The Hall–Kier alpha value is -2.77. The zero-order chi connectivity index (χ0) is 22.3. The molecule has 2 heterocycles. The first-order valence-electron chi connectivity index (χ1n) is 11.3. The summed E-state index contributed by atoms with van der Waals surface area (Å²) in [7, 11) is 5.21. The number of fused-ring (bicyclic) bond motifs is 1. The van der Waals surface area contributed by atoms with Gasteiger partial charge in [-0.25, -0.2) is 0 Å². The van der Waals surface area contributed by atoms with Crippen molar-refractivity contribution in [1.29, 1.82) is 0 Å². The van der Waals surface area contributed by atoms with Gasteiger partial charge in [0.1, 0.15) is 0 Å². The molecule has 7 nitrogen and oxygen atoms in total. The fourth-order valence-electron chi connectivity index (χ4n) is 4.43. The third kappa shape index (κ3) is 5.34. The number of benzene rings is 2. The van der Waals surface area contributed by atoms with Gasteiger partial charge in [0.2, 0.25) is 0 Å². The Morgan fingerprint density at radius 1 is 1.00 bits per heavy atom. The lowest BCUT2D eigenvalue weighted by Gasteiger charge is -2.32. The van der Waals surface area contributed by atoms with Crippen molar-refractivity contribution in [2.75, 3.05) is 54.1 Å². The fraction of sp³-hybridized carbons (Fsp3) is 0.480. The summed E-state index contributed by atoms with van der Waals surface area (Å²) in [5.74, 6) is 2.48. The van der Waals surface area contributed by atoms with Crippen LogP contribution < -0.4 is 14.8 Å². The van der Waals surface area contributed by atoms with Crippen LogP contribution >= 0.6 is 0 Å². The Kier molecular flexibility index (Phi) is 7.50. The summed E-state index contributed by atoms with van der Waals surface area (Å²) in [5, 5.41) is 3.55. The normalized spacial score (nSPS) is 17.1. The molecule has 0 radical (unpaired) electrons. The van der Waals surface area contributed by atoms with Crippen LogP contribution in [0, 0.1) is 0 Å². The lowest BCUT2D eigenvalue weighted by molar-refractivity contribution is 0.0342. The van der Waals surface area contributed by atoms with Crippen LogP contribution in [-0.4, -0.2) is 69.9 Å². The zero-order valence-electron chi connectivity index (χ0n) is 19.4. The van der Waals surface area contributed by atoms with Gasteiger partial charge in [-0.05, 0) is 40.8 Å². The number of guanidine groups is 1. The van der Waals surface area contributed by atoms with Gasteiger partial charge >= 0.3 is 0 Å². The molecule has 1 N–H and O–H groups in total. The Bertz CT molecular complexity index is 941. The maximum atomic E-state index is 5.50. The highest BCUT2D eigenvalue weighted by Crippen LogP contribution is 2.33. The first-order valence-corrected chi connectivity index (χ1v) is 11.3. The molecule has 32 heavy (non-hydrogen) atoms. The van der Waals surface area contributed by atoms with E-state index in [1.54, 1.807) is 14.2 Å². The van der Waals surface area contributed by atoms with E-state index in [0.29, 0.717) is 0 Å². The molecule has 0 saturated carbocycles. The number of hydrogen-bond acceptors (Lipinski definition) is 5. The number of ether oxygens (including phenoxy) is 3. The van der Waals surface area contributed by atoms with Crippen LogP contribution in [0.25, 0.3) is 0 Å². The quantitative estimate of drug-likeness (QED) is 0.553. The molecule has 0 aromatic heterocycles. The Labute approximate surface area is 191 Å². The molecule has 0 amide bonds. The molecular weight excluding hydrogens is 404 g/mol. The molecule has 4 rings (SSSR count). The molecule has 2 aliphatic heterocycles. The number of aliphatic imine (C=N–C) groups is 1. The SMILES string of the molecule is CN=C(NCc1cccc(CN2CCOCC2)c1)N1CCc2cc(OC)c(OC)cc2C1. The zero-order valence-corrected chi connectivity index (χ0v) is 19.4. The minimum atomic E-state index is 0.749. The summed E-state index contributed by atoms with van der Waals surface area (Å²) in [6.07, 6.45) is 0.950. The van der Waals surface area contributed by atoms with Crippen LogP contribution in [0.5, 0.6) is 11.5 Å². The molecule has 1 fully saturated rings. The van der Waals surface area contributed by atoms with E-state index < -0.39 is 0 Å². The summed E-state index contributed by atoms with van der Waals surface area (Å²) >= 11 is 0. The summed E-state index contributed by atoms with van der Waals surface area (Å²) in [4.78, 5) is 9.29. The highest BCUT2D eigenvalue weighted by molar-refractivity contribution is 5.80. The first kappa shape index (κ1) is 22.4. The number of morpholine rings is 1. The number of rotatable bonds is 6. The number of nitrogens with zero attached hydrogens (tertiary/aromatic N) is 3. The third-order valence-corrected chi connectivity index (χ3v) is 6.18. The van der Waals surface area contributed by atoms with Gasteiger partial charge in [-0.3, -0.25) is 9.89 Å². The van der Waals surface area contributed by atoms with Gasteiger partial charge in [-0.2, -0.15) is 0 Å². The summed E-state index contributed by atoms with van der Waals surface area (Å²) < 4.78 is 16.4. The topological polar surface area (TPSA) is 58.6 Å². The molecule has 0 bridgehead atoms. The van der Waals surface area contributed by atoms with Crippen molar-refractivity contribution in [2.24, 2.45) is 4.99 Å². The van der Waals surface area contributed by atoms with Crippen molar-refractivity contribution in [3.05, 3.63) is 58.7 Å². The molecule has 2 aromatic rings. The third-order valence-electron chi connectivity index (χ3n) is 6.18. The van der Waals surface area contributed by atoms with E-state index in [0.717, 1.165) is 76.4 Å². The van der Waals surface area contributed by atoms with Crippen molar-refractivity contribution in [1.82, 2.24) is 15.1 Å². The van der Waals surface area contributed by atoms with Crippen molar-refractivity contribution in [2.45, 2.75) is 26.1 Å². The molecule has 7 heteroatoms. The second kappa shape index (κ2) is 10.7. The second-order valence-corrected chi connectivity index (χ2v) is 8.26. The largest absolute Gasteiger partial charge is 0.493 e. The average Bonchev–Trinajstić information content (AvgIpc) is 2.84. The van der Waals surface area contributed by atoms with Gasteiger partial charge in [0.15, 0.2) is 17.5 Å². The highest BCUT2D eigenvalue weighted by atomic mass is 16.5. The number of hydrogen-bond donors (Lipinski definition) is 1. The van der Waals surface area contributed by atoms with Crippen LogP contribution in [-0.2, 0) is 30.8 Å². The minimum Gasteiger partial charge on any atom is -0.493 e. The van der Waals surface area contributed by atoms with Gasteiger partial charge in [-0.1, -0.05) is 24.3 Å². The molecular formula is C25H34N4O3. The van der Waals surface area contributed by atoms with Crippen LogP contribution in [0.3, 0.4) is 0 Å². The average molecular weight is 439 g/mol. The van der Waals surface area contributed by atoms with E-state index in [1.165, 1.54) is 22.3 Å². The minimum absolute atomic E-state index is 0.749. The predicted molar refractivity (Wildman–Crippen MR) is 126 cm³/mol. The van der Waals surface area contributed by atoms with E-state index in [9.17, 15) is 0 Å². The first-order chi connectivity index (χ1) is 15.7. The number of nitrogens with one attached hydrogen (secondary N) is 1. The van der Waals surface area contributed by atoms with Crippen molar-refractivity contribution >= 4 is 5.96 Å².